The lowest BCUT2D eigenvalue weighted by Gasteiger charge is -2.30. The van der Waals surface area contributed by atoms with Crippen LogP contribution < -0.4 is 0 Å². The molecule has 3 rings (SSSR count). The molecule has 0 spiro atoms. The predicted molar refractivity (Wildman–Crippen MR) is 85.7 cm³/mol. The number of hydrogen-bond donors (Lipinski definition) is 0. The van der Waals surface area contributed by atoms with E-state index in [0.29, 0.717) is 17.9 Å². The van der Waals surface area contributed by atoms with Crippen LogP contribution in [-0.2, 0) is 11.3 Å². The maximum atomic E-state index is 11.6. The van der Waals surface area contributed by atoms with Gasteiger partial charge in [0.2, 0.25) is 11.8 Å². The topological polar surface area (TPSA) is 65.7 Å². The summed E-state index contributed by atoms with van der Waals surface area (Å²) in [6.07, 6.45) is 1.06. The summed E-state index contributed by atoms with van der Waals surface area (Å²) in [5.41, 5.74) is 0. The number of carbonyl (C=O) groups is 1. The van der Waals surface area contributed by atoms with Gasteiger partial charge in [0.25, 0.3) is 0 Å². The van der Waals surface area contributed by atoms with Crippen LogP contribution in [-0.4, -0.2) is 76.1 Å². The summed E-state index contributed by atoms with van der Waals surface area (Å²) in [6, 6.07) is 0.551. The van der Waals surface area contributed by atoms with Gasteiger partial charge >= 0.3 is 0 Å². The summed E-state index contributed by atoms with van der Waals surface area (Å²) in [7, 11) is 0. The van der Waals surface area contributed by atoms with Crippen molar-refractivity contribution in [2.24, 2.45) is 5.92 Å². The van der Waals surface area contributed by atoms with Crippen LogP contribution in [0.3, 0.4) is 0 Å². The SMILES string of the molecule is CC(=O)N1CCCN([C@H]2CN(Cc3noc(C)n3)C[C@@H]2C)CC1. The summed E-state index contributed by atoms with van der Waals surface area (Å²) in [6.45, 7) is 12.5. The summed E-state index contributed by atoms with van der Waals surface area (Å²) in [5.74, 6) is 2.21. The highest BCUT2D eigenvalue weighted by atomic mass is 16.5. The van der Waals surface area contributed by atoms with Gasteiger partial charge in [-0.25, -0.2) is 0 Å². The molecule has 0 N–H and O–H groups in total. The molecule has 7 heteroatoms. The molecule has 7 nitrogen and oxygen atoms in total. The molecule has 0 unspecified atom stereocenters. The number of rotatable bonds is 3. The van der Waals surface area contributed by atoms with E-state index in [0.717, 1.165) is 58.1 Å². The first-order chi connectivity index (χ1) is 11.0. The number of likely N-dealkylation sites (tertiary alicyclic amines) is 1. The third kappa shape index (κ3) is 3.90. The lowest BCUT2D eigenvalue weighted by atomic mass is 10.0. The normalized spacial score (nSPS) is 27.3. The number of hydrogen-bond acceptors (Lipinski definition) is 6. The zero-order valence-corrected chi connectivity index (χ0v) is 14.4. The van der Waals surface area contributed by atoms with Crippen molar-refractivity contribution in [2.45, 2.75) is 39.8 Å². The maximum absolute atomic E-state index is 11.6. The minimum absolute atomic E-state index is 0.195. The molecular formula is C16H27N5O2. The largest absolute Gasteiger partial charge is 0.342 e. The minimum Gasteiger partial charge on any atom is -0.342 e. The molecule has 0 saturated carbocycles. The molecule has 0 radical (unpaired) electrons. The molecule has 0 bridgehead atoms. The van der Waals surface area contributed by atoms with Crippen LogP contribution in [0.5, 0.6) is 0 Å². The van der Waals surface area contributed by atoms with E-state index in [4.69, 9.17) is 4.52 Å². The van der Waals surface area contributed by atoms with Crippen LogP contribution in [0.15, 0.2) is 4.52 Å². The van der Waals surface area contributed by atoms with Gasteiger partial charge in [-0.15, -0.1) is 0 Å². The summed E-state index contributed by atoms with van der Waals surface area (Å²) in [4.78, 5) is 22.8. The van der Waals surface area contributed by atoms with Crippen LogP contribution in [0, 0.1) is 12.8 Å². The fraction of sp³-hybridized carbons (Fsp3) is 0.812. The van der Waals surface area contributed by atoms with Gasteiger partial charge in [0.15, 0.2) is 5.82 Å². The lowest BCUT2D eigenvalue weighted by molar-refractivity contribution is -0.128. The van der Waals surface area contributed by atoms with E-state index in [-0.39, 0.29) is 5.91 Å². The molecule has 2 aliphatic heterocycles. The molecule has 2 atom stereocenters. The number of nitrogens with zero attached hydrogens (tertiary/aromatic N) is 5. The van der Waals surface area contributed by atoms with E-state index < -0.39 is 0 Å². The standard InChI is InChI=1S/C16H27N5O2/c1-12-9-19(11-16-17-13(2)23-18-16)10-15(12)21-6-4-5-20(7-8-21)14(3)22/h12,15H,4-11H2,1-3H3/t12-,15-/m0/s1. The fourth-order valence-electron chi connectivity index (χ4n) is 3.84. The fourth-order valence-corrected chi connectivity index (χ4v) is 3.84. The highest BCUT2D eigenvalue weighted by molar-refractivity contribution is 5.73. The highest BCUT2D eigenvalue weighted by Crippen LogP contribution is 2.24. The molecule has 0 aromatic carbocycles. The van der Waals surface area contributed by atoms with Gasteiger partial charge in [0, 0.05) is 59.2 Å². The number of carbonyl (C=O) groups excluding carboxylic acids is 1. The van der Waals surface area contributed by atoms with E-state index in [2.05, 4.69) is 26.9 Å². The van der Waals surface area contributed by atoms with Crippen LogP contribution in [0.25, 0.3) is 0 Å². The first-order valence-electron chi connectivity index (χ1n) is 8.54. The zero-order chi connectivity index (χ0) is 16.4. The van der Waals surface area contributed by atoms with Crippen molar-refractivity contribution < 1.29 is 9.32 Å². The minimum atomic E-state index is 0.195. The van der Waals surface area contributed by atoms with Crippen molar-refractivity contribution >= 4 is 5.91 Å². The van der Waals surface area contributed by atoms with Crippen LogP contribution >= 0.6 is 0 Å². The molecule has 2 saturated heterocycles. The van der Waals surface area contributed by atoms with Gasteiger partial charge in [-0.1, -0.05) is 12.1 Å². The van der Waals surface area contributed by atoms with Crippen molar-refractivity contribution in [1.82, 2.24) is 24.8 Å². The quantitative estimate of drug-likeness (QED) is 0.819. The van der Waals surface area contributed by atoms with Crippen LogP contribution in [0.4, 0.5) is 0 Å². The third-order valence-corrected chi connectivity index (χ3v) is 5.03. The average Bonchev–Trinajstić information content (AvgIpc) is 2.96. The highest BCUT2D eigenvalue weighted by Gasteiger charge is 2.35. The molecule has 2 aliphatic rings. The van der Waals surface area contributed by atoms with Crippen molar-refractivity contribution in [3.8, 4) is 0 Å². The monoisotopic (exact) mass is 321 g/mol. The Kier molecular flexibility index (Phi) is 4.96. The number of aromatic nitrogens is 2. The van der Waals surface area contributed by atoms with Gasteiger partial charge < -0.3 is 9.42 Å². The van der Waals surface area contributed by atoms with Crippen LogP contribution in [0.1, 0.15) is 32.0 Å². The molecule has 1 aromatic heterocycles. The molecule has 23 heavy (non-hydrogen) atoms. The number of amides is 1. The average molecular weight is 321 g/mol. The van der Waals surface area contributed by atoms with Gasteiger partial charge in [0.1, 0.15) is 0 Å². The Balaban J connectivity index is 1.57. The first-order valence-corrected chi connectivity index (χ1v) is 8.54. The molecule has 128 valence electrons. The predicted octanol–water partition coefficient (Wildman–Crippen LogP) is 0.753. The molecule has 1 amide bonds. The Morgan fingerprint density at radius 2 is 2.09 bits per heavy atom. The second kappa shape index (κ2) is 6.97. The van der Waals surface area contributed by atoms with Gasteiger partial charge in [-0.05, 0) is 12.3 Å². The summed E-state index contributed by atoms with van der Waals surface area (Å²) in [5, 5.41) is 4.00. The van der Waals surface area contributed by atoms with Crippen molar-refractivity contribution in [3.63, 3.8) is 0 Å². The van der Waals surface area contributed by atoms with Gasteiger partial charge in [-0.3, -0.25) is 14.6 Å². The van der Waals surface area contributed by atoms with E-state index in [1.54, 1.807) is 6.92 Å². The van der Waals surface area contributed by atoms with E-state index in [1.807, 2.05) is 11.8 Å². The lowest BCUT2D eigenvalue weighted by Crippen LogP contribution is -2.43. The second-order valence-corrected chi connectivity index (χ2v) is 6.86. The third-order valence-electron chi connectivity index (χ3n) is 5.03. The smallest absolute Gasteiger partial charge is 0.223 e. The Morgan fingerprint density at radius 3 is 2.78 bits per heavy atom. The zero-order valence-electron chi connectivity index (χ0n) is 14.4. The van der Waals surface area contributed by atoms with Crippen LogP contribution in [0.2, 0.25) is 0 Å². The van der Waals surface area contributed by atoms with Crippen molar-refractivity contribution in [3.05, 3.63) is 11.7 Å². The Hall–Kier alpha value is -1.47. The molecule has 3 heterocycles. The molecule has 1 aromatic rings. The molecular weight excluding hydrogens is 294 g/mol. The first kappa shape index (κ1) is 16.4. The maximum Gasteiger partial charge on any atom is 0.223 e. The Morgan fingerprint density at radius 1 is 1.26 bits per heavy atom. The van der Waals surface area contributed by atoms with E-state index >= 15 is 0 Å². The van der Waals surface area contributed by atoms with Gasteiger partial charge in [0.05, 0.1) is 6.54 Å². The number of aryl methyl sites for hydroxylation is 1. The summed E-state index contributed by atoms with van der Waals surface area (Å²) < 4.78 is 5.06. The Bertz CT molecular complexity index is 546. The molecule has 0 aliphatic carbocycles. The van der Waals surface area contributed by atoms with Crippen molar-refractivity contribution in [2.75, 3.05) is 39.3 Å². The second-order valence-electron chi connectivity index (χ2n) is 6.86. The van der Waals surface area contributed by atoms with E-state index in [9.17, 15) is 4.79 Å². The molecule has 2 fully saturated rings. The van der Waals surface area contributed by atoms with E-state index in [1.165, 1.54) is 0 Å². The van der Waals surface area contributed by atoms with Crippen molar-refractivity contribution in [1.29, 1.82) is 0 Å². The Labute approximate surface area is 137 Å². The van der Waals surface area contributed by atoms with Gasteiger partial charge in [-0.2, -0.15) is 4.98 Å². The summed E-state index contributed by atoms with van der Waals surface area (Å²) >= 11 is 0.